The van der Waals surface area contributed by atoms with Crippen molar-refractivity contribution in [2.45, 2.75) is 50.0 Å². The number of benzene rings is 1. The summed E-state index contributed by atoms with van der Waals surface area (Å²) in [4.78, 5) is 11.5. The van der Waals surface area contributed by atoms with Crippen LogP contribution in [0.3, 0.4) is 0 Å². The summed E-state index contributed by atoms with van der Waals surface area (Å²) in [6.45, 7) is 1.41. The van der Waals surface area contributed by atoms with Gasteiger partial charge in [-0.05, 0) is 31.9 Å². The number of nitrogens with one attached hydrogen (secondary N) is 1. The zero-order chi connectivity index (χ0) is 17.2. The number of nitrogens with zero attached hydrogens (tertiary/aromatic N) is 2. The Kier molecular flexibility index (Phi) is 4.71. The van der Waals surface area contributed by atoms with Gasteiger partial charge < -0.3 is 0 Å². The van der Waals surface area contributed by atoms with Crippen LogP contribution in [0.1, 0.15) is 55.4 Å². The first-order valence-electron chi connectivity index (χ1n) is 8.15. The molecular formula is C17H21N3O3S. The van der Waals surface area contributed by atoms with Gasteiger partial charge >= 0.3 is 0 Å². The lowest BCUT2D eigenvalue weighted by Gasteiger charge is -2.24. The Bertz CT molecular complexity index is 836. The maximum atomic E-state index is 12.6. The minimum absolute atomic E-state index is 0.0756. The van der Waals surface area contributed by atoms with E-state index >= 15 is 0 Å². The quantitative estimate of drug-likeness (QED) is 0.841. The lowest BCUT2D eigenvalue weighted by Crippen LogP contribution is -2.20. The molecule has 0 aliphatic heterocycles. The third-order valence-corrected chi connectivity index (χ3v) is 5.73. The number of anilines is 1. The first kappa shape index (κ1) is 16.7. The predicted molar refractivity (Wildman–Crippen MR) is 91.6 cm³/mol. The number of Topliss-reactive ketones (excluding diaryl/α,β-unsaturated/α-hetero) is 1. The molecule has 1 fully saturated rings. The van der Waals surface area contributed by atoms with Crippen LogP contribution in [0.25, 0.3) is 0 Å². The molecule has 1 aromatic carbocycles. The molecule has 0 atom stereocenters. The minimum atomic E-state index is -3.76. The number of aromatic nitrogens is 2. The summed E-state index contributed by atoms with van der Waals surface area (Å²) in [6, 6.07) is 7.95. The van der Waals surface area contributed by atoms with E-state index in [1.807, 2.05) is 0 Å². The second-order valence-corrected chi connectivity index (χ2v) is 7.82. The summed E-state index contributed by atoms with van der Waals surface area (Å²) >= 11 is 0. The molecule has 128 valence electrons. The van der Waals surface area contributed by atoms with Crippen molar-refractivity contribution in [1.29, 1.82) is 0 Å². The maximum absolute atomic E-state index is 12.6. The van der Waals surface area contributed by atoms with Crippen LogP contribution in [0.5, 0.6) is 0 Å². The SMILES string of the molecule is CC(=O)c1cccc(S(=O)(=O)Nc2ccnn2C2CCCCC2)c1. The molecule has 1 N–H and O–H groups in total. The van der Waals surface area contributed by atoms with Crippen LogP contribution in [-0.4, -0.2) is 24.0 Å². The average Bonchev–Trinajstić information content (AvgIpc) is 3.03. The zero-order valence-corrected chi connectivity index (χ0v) is 14.4. The molecule has 0 amide bonds. The monoisotopic (exact) mass is 347 g/mol. The lowest BCUT2D eigenvalue weighted by molar-refractivity contribution is 0.101. The minimum Gasteiger partial charge on any atom is -0.295 e. The normalized spacial score (nSPS) is 16.0. The molecule has 7 heteroatoms. The summed E-state index contributed by atoms with van der Waals surface area (Å²) in [5.41, 5.74) is 0.374. The highest BCUT2D eigenvalue weighted by molar-refractivity contribution is 7.92. The smallest absolute Gasteiger partial charge is 0.263 e. The van der Waals surface area contributed by atoms with E-state index in [-0.39, 0.29) is 16.7 Å². The summed E-state index contributed by atoms with van der Waals surface area (Å²) in [6.07, 6.45) is 7.12. The number of ketones is 1. The van der Waals surface area contributed by atoms with Gasteiger partial charge in [-0.15, -0.1) is 0 Å². The van der Waals surface area contributed by atoms with E-state index in [0.29, 0.717) is 11.4 Å². The Balaban J connectivity index is 1.86. The van der Waals surface area contributed by atoms with Crippen LogP contribution in [0.2, 0.25) is 0 Å². The molecule has 1 aromatic heterocycles. The van der Waals surface area contributed by atoms with Crippen molar-refractivity contribution >= 4 is 21.6 Å². The molecule has 0 spiro atoms. The van der Waals surface area contributed by atoms with Gasteiger partial charge in [0.25, 0.3) is 10.0 Å². The maximum Gasteiger partial charge on any atom is 0.263 e. The van der Waals surface area contributed by atoms with E-state index in [0.717, 1.165) is 25.7 Å². The van der Waals surface area contributed by atoms with Gasteiger partial charge in [0.05, 0.1) is 17.1 Å². The number of hydrogen-bond acceptors (Lipinski definition) is 4. The molecule has 6 nitrogen and oxygen atoms in total. The summed E-state index contributed by atoms with van der Waals surface area (Å²) in [7, 11) is -3.76. The molecular weight excluding hydrogens is 326 g/mol. The van der Waals surface area contributed by atoms with E-state index in [4.69, 9.17) is 0 Å². The van der Waals surface area contributed by atoms with Gasteiger partial charge in [-0.2, -0.15) is 5.10 Å². The molecule has 0 saturated heterocycles. The number of rotatable bonds is 5. The highest BCUT2D eigenvalue weighted by atomic mass is 32.2. The summed E-state index contributed by atoms with van der Waals surface area (Å²) in [5.74, 6) is 0.300. The second-order valence-electron chi connectivity index (χ2n) is 6.14. The van der Waals surface area contributed by atoms with Crippen LogP contribution >= 0.6 is 0 Å². The van der Waals surface area contributed by atoms with Crippen LogP contribution in [0.15, 0.2) is 41.4 Å². The highest BCUT2D eigenvalue weighted by Crippen LogP contribution is 2.30. The largest absolute Gasteiger partial charge is 0.295 e. The van der Waals surface area contributed by atoms with Gasteiger partial charge in [0.1, 0.15) is 5.82 Å². The van der Waals surface area contributed by atoms with E-state index in [2.05, 4.69) is 9.82 Å². The van der Waals surface area contributed by atoms with E-state index in [1.54, 1.807) is 29.1 Å². The Labute approximate surface area is 141 Å². The molecule has 0 unspecified atom stereocenters. The first-order chi connectivity index (χ1) is 11.5. The fourth-order valence-electron chi connectivity index (χ4n) is 3.09. The van der Waals surface area contributed by atoms with Crippen LogP contribution in [0.4, 0.5) is 5.82 Å². The first-order valence-corrected chi connectivity index (χ1v) is 9.63. The van der Waals surface area contributed by atoms with Crippen LogP contribution < -0.4 is 4.72 Å². The van der Waals surface area contributed by atoms with Crippen molar-refractivity contribution in [2.24, 2.45) is 0 Å². The Morgan fingerprint density at radius 1 is 1.21 bits per heavy atom. The van der Waals surface area contributed by atoms with Crippen molar-refractivity contribution in [3.63, 3.8) is 0 Å². The fourth-order valence-corrected chi connectivity index (χ4v) is 4.19. The van der Waals surface area contributed by atoms with E-state index in [1.165, 1.54) is 25.5 Å². The average molecular weight is 347 g/mol. The standard InChI is InChI=1S/C17H21N3O3S/c1-13(21)14-6-5-9-16(12-14)24(22,23)19-17-10-11-18-20(17)15-7-3-2-4-8-15/h5-6,9-12,15,19H,2-4,7-8H2,1H3. The van der Waals surface area contributed by atoms with Gasteiger partial charge in [-0.3, -0.25) is 9.52 Å². The van der Waals surface area contributed by atoms with Crippen LogP contribution in [-0.2, 0) is 10.0 Å². The van der Waals surface area contributed by atoms with Crippen molar-refractivity contribution < 1.29 is 13.2 Å². The zero-order valence-electron chi connectivity index (χ0n) is 13.6. The Hall–Kier alpha value is -2.15. The van der Waals surface area contributed by atoms with E-state index < -0.39 is 10.0 Å². The Morgan fingerprint density at radius 2 is 1.96 bits per heavy atom. The highest BCUT2D eigenvalue weighted by Gasteiger charge is 2.22. The lowest BCUT2D eigenvalue weighted by atomic mass is 9.96. The molecule has 3 rings (SSSR count). The van der Waals surface area contributed by atoms with Gasteiger partial charge in [-0.25, -0.2) is 13.1 Å². The molecule has 1 aliphatic carbocycles. The summed E-state index contributed by atoms with van der Waals surface area (Å²) < 4.78 is 29.7. The van der Waals surface area contributed by atoms with Crippen molar-refractivity contribution in [2.75, 3.05) is 4.72 Å². The van der Waals surface area contributed by atoms with E-state index in [9.17, 15) is 13.2 Å². The molecule has 24 heavy (non-hydrogen) atoms. The second kappa shape index (κ2) is 6.76. The van der Waals surface area contributed by atoms with Crippen LogP contribution in [0, 0.1) is 0 Å². The molecule has 0 radical (unpaired) electrons. The van der Waals surface area contributed by atoms with Crippen molar-refractivity contribution in [3.05, 3.63) is 42.1 Å². The summed E-state index contributed by atoms with van der Waals surface area (Å²) in [5, 5.41) is 4.30. The third-order valence-electron chi connectivity index (χ3n) is 4.38. The fraction of sp³-hybridized carbons (Fsp3) is 0.412. The van der Waals surface area contributed by atoms with Gasteiger partial charge in [0, 0.05) is 11.6 Å². The number of carbonyl (C=O) groups excluding carboxylic acids is 1. The number of hydrogen-bond donors (Lipinski definition) is 1. The topological polar surface area (TPSA) is 81.1 Å². The molecule has 0 bridgehead atoms. The van der Waals surface area contributed by atoms with Crippen molar-refractivity contribution in [1.82, 2.24) is 9.78 Å². The van der Waals surface area contributed by atoms with Gasteiger partial charge in [0.2, 0.25) is 0 Å². The molecule has 2 aromatic rings. The molecule has 1 heterocycles. The van der Waals surface area contributed by atoms with Gasteiger partial charge in [0.15, 0.2) is 5.78 Å². The Morgan fingerprint density at radius 3 is 2.67 bits per heavy atom. The molecule has 1 aliphatic rings. The third kappa shape index (κ3) is 3.51. The molecule has 1 saturated carbocycles. The van der Waals surface area contributed by atoms with Crippen molar-refractivity contribution in [3.8, 4) is 0 Å². The van der Waals surface area contributed by atoms with Gasteiger partial charge in [-0.1, -0.05) is 31.4 Å². The predicted octanol–water partition coefficient (Wildman–Crippen LogP) is 3.39. The number of sulfonamides is 1. The number of carbonyl (C=O) groups is 1.